The molecular weight excluding hydrogens is 336 g/mol. The predicted molar refractivity (Wildman–Crippen MR) is 96.7 cm³/mol. The lowest BCUT2D eigenvalue weighted by Gasteiger charge is -2.17. The lowest BCUT2D eigenvalue weighted by molar-refractivity contribution is 0.0785. The first-order valence-corrected chi connectivity index (χ1v) is 7.89. The van der Waals surface area contributed by atoms with E-state index in [1.165, 1.54) is 0 Å². The molecule has 2 aromatic carbocycles. The molecule has 6 nitrogen and oxygen atoms in total. The Morgan fingerprint density at radius 1 is 1.20 bits per heavy atom. The SMILES string of the molecule is CN(Cc1ccc(C#N)cc1)C(=O)c1ccc2c(=O)[nH]c(=S)[nH]c2c1. The fourth-order valence-electron chi connectivity index (χ4n) is 2.55. The van der Waals surface area contributed by atoms with E-state index in [4.69, 9.17) is 17.5 Å². The molecule has 0 saturated heterocycles. The zero-order valence-corrected chi connectivity index (χ0v) is 14.2. The molecule has 124 valence electrons. The second-order valence-electron chi connectivity index (χ2n) is 5.64. The van der Waals surface area contributed by atoms with E-state index in [0.717, 1.165) is 5.56 Å². The minimum Gasteiger partial charge on any atom is -0.337 e. The van der Waals surface area contributed by atoms with Crippen molar-refractivity contribution in [3.8, 4) is 6.07 Å². The van der Waals surface area contributed by atoms with Gasteiger partial charge < -0.3 is 9.88 Å². The van der Waals surface area contributed by atoms with Crippen molar-refractivity contribution in [1.29, 1.82) is 5.26 Å². The molecular formula is C18H14N4O2S. The van der Waals surface area contributed by atoms with Crippen molar-refractivity contribution in [3.05, 3.63) is 74.3 Å². The zero-order valence-electron chi connectivity index (χ0n) is 13.4. The molecule has 0 aliphatic carbocycles. The van der Waals surface area contributed by atoms with Crippen molar-refractivity contribution in [3.63, 3.8) is 0 Å². The van der Waals surface area contributed by atoms with Gasteiger partial charge in [0.25, 0.3) is 11.5 Å². The molecule has 2 N–H and O–H groups in total. The highest BCUT2D eigenvalue weighted by molar-refractivity contribution is 7.71. The summed E-state index contributed by atoms with van der Waals surface area (Å²) in [7, 11) is 1.70. The summed E-state index contributed by atoms with van der Waals surface area (Å²) in [6, 6.07) is 14.0. The molecule has 0 unspecified atom stereocenters. The summed E-state index contributed by atoms with van der Waals surface area (Å²) in [5.74, 6) is -0.175. The lowest BCUT2D eigenvalue weighted by atomic mass is 10.1. The minimum atomic E-state index is -0.288. The number of fused-ring (bicyclic) bond motifs is 1. The lowest BCUT2D eigenvalue weighted by Crippen LogP contribution is -2.26. The highest BCUT2D eigenvalue weighted by Gasteiger charge is 2.13. The van der Waals surface area contributed by atoms with Crippen molar-refractivity contribution in [2.75, 3.05) is 7.05 Å². The van der Waals surface area contributed by atoms with Crippen molar-refractivity contribution >= 4 is 29.0 Å². The number of carbonyl (C=O) groups excluding carboxylic acids is 1. The van der Waals surface area contributed by atoms with Crippen LogP contribution in [0.4, 0.5) is 0 Å². The normalized spacial score (nSPS) is 10.4. The quantitative estimate of drug-likeness (QED) is 0.710. The number of amides is 1. The maximum Gasteiger partial charge on any atom is 0.259 e. The molecule has 0 spiro atoms. The molecule has 0 radical (unpaired) electrons. The van der Waals surface area contributed by atoms with Crippen molar-refractivity contribution in [2.24, 2.45) is 0 Å². The second kappa shape index (κ2) is 6.71. The molecule has 1 heterocycles. The molecule has 25 heavy (non-hydrogen) atoms. The number of nitrogens with zero attached hydrogens (tertiary/aromatic N) is 2. The van der Waals surface area contributed by atoms with E-state index in [2.05, 4.69) is 16.0 Å². The molecule has 3 aromatic rings. The van der Waals surface area contributed by atoms with Crippen LogP contribution in [-0.4, -0.2) is 27.8 Å². The number of nitriles is 1. The largest absolute Gasteiger partial charge is 0.337 e. The summed E-state index contributed by atoms with van der Waals surface area (Å²) >= 11 is 4.97. The molecule has 1 amide bonds. The third-order valence-corrected chi connectivity index (χ3v) is 4.04. The van der Waals surface area contributed by atoms with Gasteiger partial charge in [-0.2, -0.15) is 5.26 Å². The summed E-state index contributed by atoms with van der Waals surface area (Å²) in [6.45, 7) is 0.411. The standard InChI is InChI=1S/C18H14N4O2S/c1-22(10-12-4-2-11(9-19)3-5-12)17(24)13-6-7-14-15(8-13)20-18(25)21-16(14)23/h2-8H,10H2,1H3,(H2,20,21,23,25). The van der Waals surface area contributed by atoms with E-state index in [1.807, 2.05) is 12.1 Å². The number of rotatable bonds is 3. The van der Waals surface area contributed by atoms with Crippen molar-refractivity contribution in [2.45, 2.75) is 6.54 Å². The Balaban J connectivity index is 1.86. The van der Waals surface area contributed by atoms with Crippen LogP contribution in [0.3, 0.4) is 0 Å². The van der Waals surface area contributed by atoms with Gasteiger partial charge in [-0.15, -0.1) is 0 Å². The fraction of sp³-hybridized carbons (Fsp3) is 0.111. The summed E-state index contributed by atoms with van der Waals surface area (Å²) in [5, 5.41) is 9.27. The van der Waals surface area contributed by atoms with Crippen LogP contribution in [0.25, 0.3) is 10.9 Å². The van der Waals surface area contributed by atoms with Gasteiger partial charge in [-0.3, -0.25) is 14.6 Å². The van der Waals surface area contributed by atoms with Crippen LogP contribution in [0, 0.1) is 16.1 Å². The van der Waals surface area contributed by atoms with Crippen LogP contribution >= 0.6 is 12.2 Å². The average molecular weight is 350 g/mol. The van der Waals surface area contributed by atoms with E-state index in [1.54, 1.807) is 42.3 Å². The van der Waals surface area contributed by atoms with E-state index in [-0.39, 0.29) is 16.2 Å². The summed E-state index contributed by atoms with van der Waals surface area (Å²) in [6.07, 6.45) is 0. The van der Waals surface area contributed by atoms with Crippen LogP contribution in [0.1, 0.15) is 21.5 Å². The van der Waals surface area contributed by atoms with Crippen LogP contribution in [-0.2, 0) is 6.54 Å². The van der Waals surface area contributed by atoms with Crippen LogP contribution in [0.2, 0.25) is 0 Å². The summed E-state index contributed by atoms with van der Waals surface area (Å²) < 4.78 is 0.216. The van der Waals surface area contributed by atoms with Gasteiger partial charge in [-0.25, -0.2) is 0 Å². The van der Waals surface area contributed by atoms with Gasteiger partial charge in [-0.05, 0) is 48.1 Å². The number of hydrogen-bond donors (Lipinski definition) is 2. The molecule has 0 aliphatic heterocycles. The number of hydrogen-bond acceptors (Lipinski definition) is 4. The number of carbonyl (C=O) groups is 1. The first-order valence-electron chi connectivity index (χ1n) is 7.49. The summed E-state index contributed by atoms with van der Waals surface area (Å²) in [5.41, 5.74) is 2.19. The Labute approximate surface area is 148 Å². The molecule has 1 aromatic heterocycles. The Kier molecular flexibility index (Phi) is 4.46. The third kappa shape index (κ3) is 3.49. The van der Waals surface area contributed by atoms with Crippen molar-refractivity contribution < 1.29 is 4.79 Å². The number of benzene rings is 2. The summed E-state index contributed by atoms with van der Waals surface area (Å²) in [4.78, 5) is 31.5. The number of aromatic nitrogens is 2. The molecule has 3 rings (SSSR count). The zero-order chi connectivity index (χ0) is 18.0. The Hall–Kier alpha value is -3.24. The Morgan fingerprint density at radius 2 is 1.92 bits per heavy atom. The molecule has 0 atom stereocenters. The third-order valence-electron chi connectivity index (χ3n) is 3.84. The smallest absolute Gasteiger partial charge is 0.259 e. The van der Waals surface area contributed by atoms with Crippen LogP contribution < -0.4 is 5.56 Å². The fourth-order valence-corrected chi connectivity index (χ4v) is 2.76. The van der Waals surface area contributed by atoms with Gasteiger partial charge >= 0.3 is 0 Å². The molecule has 0 fully saturated rings. The van der Waals surface area contributed by atoms with Gasteiger partial charge in [-0.1, -0.05) is 12.1 Å². The Bertz CT molecular complexity index is 1110. The number of H-pyrrole nitrogens is 2. The second-order valence-corrected chi connectivity index (χ2v) is 6.05. The van der Waals surface area contributed by atoms with Gasteiger partial charge in [0.05, 0.1) is 22.5 Å². The van der Waals surface area contributed by atoms with Crippen molar-refractivity contribution in [1.82, 2.24) is 14.9 Å². The average Bonchev–Trinajstić information content (AvgIpc) is 2.61. The monoisotopic (exact) mass is 350 g/mol. The van der Waals surface area contributed by atoms with E-state index in [9.17, 15) is 9.59 Å². The van der Waals surface area contributed by atoms with E-state index >= 15 is 0 Å². The van der Waals surface area contributed by atoms with Gasteiger partial charge in [0, 0.05) is 19.2 Å². The van der Waals surface area contributed by atoms with Crippen LogP contribution in [0.5, 0.6) is 0 Å². The van der Waals surface area contributed by atoms with E-state index in [0.29, 0.717) is 28.6 Å². The predicted octanol–water partition coefficient (Wildman–Crippen LogP) is 2.73. The number of aromatic amines is 2. The highest BCUT2D eigenvalue weighted by atomic mass is 32.1. The Morgan fingerprint density at radius 3 is 2.60 bits per heavy atom. The number of nitrogens with one attached hydrogen (secondary N) is 2. The first kappa shape index (κ1) is 16.6. The molecule has 0 aliphatic rings. The van der Waals surface area contributed by atoms with E-state index < -0.39 is 0 Å². The maximum atomic E-state index is 12.6. The molecule has 7 heteroatoms. The van der Waals surface area contributed by atoms with Gasteiger partial charge in [0.15, 0.2) is 4.77 Å². The highest BCUT2D eigenvalue weighted by Crippen LogP contribution is 2.13. The minimum absolute atomic E-state index is 0.175. The molecule has 0 saturated carbocycles. The molecule has 0 bridgehead atoms. The first-order chi connectivity index (χ1) is 12.0. The topological polar surface area (TPSA) is 92.8 Å². The van der Waals surface area contributed by atoms with Crippen LogP contribution in [0.15, 0.2) is 47.3 Å². The maximum absolute atomic E-state index is 12.6. The van der Waals surface area contributed by atoms with Gasteiger partial charge in [0.1, 0.15) is 0 Å². The van der Waals surface area contributed by atoms with Gasteiger partial charge in [0.2, 0.25) is 0 Å².